The molecular formula is C11H12F2N2OS. The zero-order chi connectivity index (χ0) is 12.7. The minimum Gasteiger partial charge on any atom is -0.435 e. The highest BCUT2D eigenvalue weighted by molar-refractivity contribution is 7.80. The Morgan fingerprint density at radius 3 is 2.59 bits per heavy atom. The van der Waals surface area contributed by atoms with Crippen LogP contribution in [0.15, 0.2) is 36.9 Å². The molecular weight excluding hydrogens is 246 g/mol. The fourth-order valence-electron chi connectivity index (χ4n) is 1.06. The summed E-state index contributed by atoms with van der Waals surface area (Å²) in [5.74, 6) is 0.107. The van der Waals surface area contributed by atoms with Crippen molar-refractivity contribution in [2.45, 2.75) is 6.61 Å². The van der Waals surface area contributed by atoms with Crippen molar-refractivity contribution in [3.63, 3.8) is 0 Å². The fraction of sp³-hybridized carbons (Fsp3) is 0.182. The number of benzene rings is 1. The van der Waals surface area contributed by atoms with Gasteiger partial charge >= 0.3 is 6.61 Å². The minimum absolute atomic E-state index is 0.107. The average Bonchev–Trinajstić information content (AvgIpc) is 2.28. The van der Waals surface area contributed by atoms with Gasteiger partial charge in [-0.1, -0.05) is 6.08 Å². The maximum absolute atomic E-state index is 11.9. The Bertz CT molecular complexity index is 382. The van der Waals surface area contributed by atoms with Gasteiger partial charge in [0.05, 0.1) is 0 Å². The second kappa shape index (κ2) is 6.80. The lowest BCUT2D eigenvalue weighted by atomic mass is 10.3. The first kappa shape index (κ1) is 13.4. The van der Waals surface area contributed by atoms with E-state index in [1.165, 1.54) is 12.1 Å². The van der Waals surface area contributed by atoms with Gasteiger partial charge in [-0.2, -0.15) is 8.78 Å². The molecule has 17 heavy (non-hydrogen) atoms. The SMILES string of the molecule is C=CCNC(=S)Nc1ccc(OC(F)F)cc1. The van der Waals surface area contributed by atoms with Gasteiger partial charge in [0, 0.05) is 12.2 Å². The van der Waals surface area contributed by atoms with E-state index < -0.39 is 6.61 Å². The number of nitrogens with one attached hydrogen (secondary N) is 2. The van der Waals surface area contributed by atoms with E-state index in [1.54, 1.807) is 18.2 Å². The summed E-state index contributed by atoms with van der Waals surface area (Å²) in [5, 5.41) is 6.20. The van der Waals surface area contributed by atoms with Crippen LogP contribution in [0.2, 0.25) is 0 Å². The molecule has 6 heteroatoms. The van der Waals surface area contributed by atoms with E-state index in [0.29, 0.717) is 17.3 Å². The first-order chi connectivity index (χ1) is 8.11. The molecule has 1 rings (SSSR count). The van der Waals surface area contributed by atoms with Crippen LogP contribution >= 0.6 is 12.2 Å². The maximum Gasteiger partial charge on any atom is 0.387 e. The number of rotatable bonds is 5. The lowest BCUT2D eigenvalue weighted by molar-refractivity contribution is -0.0498. The van der Waals surface area contributed by atoms with Crippen LogP contribution in [0.5, 0.6) is 5.75 Å². The van der Waals surface area contributed by atoms with Crippen LogP contribution in [0.25, 0.3) is 0 Å². The number of thiocarbonyl (C=S) groups is 1. The van der Waals surface area contributed by atoms with Crippen molar-refractivity contribution in [3.05, 3.63) is 36.9 Å². The highest BCUT2D eigenvalue weighted by Gasteiger charge is 2.03. The molecule has 0 unspecified atom stereocenters. The molecule has 0 saturated heterocycles. The van der Waals surface area contributed by atoms with Crippen molar-refractivity contribution >= 4 is 23.0 Å². The van der Waals surface area contributed by atoms with Gasteiger partial charge in [-0.15, -0.1) is 6.58 Å². The van der Waals surface area contributed by atoms with Crippen molar-refractivity contribution in [2.75, 3.05) is 11.9 Å². The molecule has 1 aromatic carbocycles. The van der Waals surface area contributed by atoms with E-state index in [-0.39, 0.29) is 5.75 Å². The summed E-state index contributed by atoms with van der Waals surface area (Å²) in [7, 11) is 0. The van der Waals surface area contributed by atoms with Gasteiger partial charge in [-0.05, 0) is 36.5 Å². The van der Waals surface area contributed by atoms with Crippen LogP contribution in [0.4, 0.5) is 14.5 Å². The molecule has 3 nitrogen and oxygen atoms in total. The van der Waals surface area contributed by atoms with E-state index in [1.807, 2.05) is 0 Å². The molecule has 2 N–H and O–H groups in total. The van der Waals surface area contributed by atoms with Gasteiger partial charge in [0.2, 0.25) is 0 Å². The predicted octanol–water partition coefficient (Wildman–Crippen LogP) is 2.76. The standard InChI is InChI=1S/C11H12F2N2OS/c1-2-7-14-11(17)15-8-3-5-9(6-4-8)16-10(12)13/h2-6,10H,1,7H2,(H2,14,15,17). The van der Waals surface area contributed by atoms with Gasteiger partial charge in [0.15, 0.2) is 5.11 Å². The number of anilines is 1. The summed E-state index contributed by atoms with van der Waals surface area (Å²) < 4.78 is 28.0. The third-order valence-electron chi connectivity index (χ3n) is 1.74. The quantitative estimate of drug-likeness (QED) is 0.628. The Balaban J connectivity index is 2.50. The van der Waals surface area contributed by atoms with Crippen LogP contribution < -0.4 is 15.4 Å². The van der Waals surface area contributed by atoms with Crippen LogP contribution in [-0.4, -0.2) is 18.3 Å². The molecule has 0 atom stereocenters. The summed E-state index contributed by atoms with van der Waals surface area (Å²) in [4.78, 5) is 0. The molecule has 92 valence electrons. The van der Waals surface area contributed by atoms with Crippen LogP contribution in [0, 0.1) is 0 Å². The molecule has 0 aliphatic rings. The number of ether oxygens (including phenoxy) is 1. The highest BCUT2D eigenvalue weighted by Crippen LogP contribution is 2.17. The van der Waals surface area contributed by atoms with E-state index in [4.69, 9.17) is 12.2 Å². The molecule has 0 aliphatic heterocycles. The molecule has 0 aliphatic carbocycles. The highest BCUT2D eigenvalue weighted by atomic mass is 32.1. The zero-order valence-electron chi connectivity index (χ0n) is 8.95. The Morgan fingerprint density at radius 2 is 2.06 bits per heavy atom. The van der Waals surface area contributed by atoms with Crippen LogP contribution in [0.3, 0.4) is 0 Å². The number of hydrogen-bond acceptors (Lipinski definition) is 2. The molecule has 0 heterocycles. The smallest absolute Gasteiger partial charge is 0.387 e. The zero-order valence-corrected chi connectivity index (χ0v) is 9.77. The summed E-state index contributed by atoms with van der Waals surface area (Å²) in [5.41, 5.74) is 0.688. The average molecular weight is 258 g/mol. The molecule has 0 saturated carbocycles. The summed E-state index contributed by atoms with van der Waals surface area (Å²) in [6.07, 6.45) is 1.67. The largest absolute Gasteiger partial charge is 0.435 e. The Labute approximate surface area is 103 Å². The van der Waals surface area contributed by atoms with Gasteiger partial charge in [0.1, 0.15) is 5.75 Å². The topological polar surface area (TPSA) is 33.3 Å². The van der Waals surface area contributed by atoms with E-state index in [9.17, 15) is 8.78 Å². The van der Waals surface area contributed by atoms with Crippen molar-refractivity contribution in [1.29, 1.82) is 0 Å². The number of alkyl halides is 2. The molecule has 1 aromatic rings. The molecule has 0 spiro atoms. The van der Waals surface area contributed by atoms with E-state index >= 15 is 0 Å². The summed E-state index contributed by atoms with van der Waals surface area (Å²) >= 11 is 4.98. The third-order valence-corrected chi connectivity index (χ3v) is 1.99. The van der Waals surface area contributed by atoms with Gasteiger partial charge in [0.25, 0.3) is 0 Å². The number of halogens is 2. The van der Waals surface area contributed by atoms with Crippen molar-refractivity contribution in [1.82, 2.24) is 5.32 Å². The molecule has 0 radical (unpaired) electrons. The Kier molecular flexibility index (Phi) is 5.35. The molecule has 0 bridgehead atoms. The minimum atomic E-state index is -2.82. The Morgan fingerprint density at radius 1 is 1.41 bits per heavy atom. The second-order valence-electron chi connectivity index (χ2n) is 3.03. The van der Waals surface area contributed by atoms with Crippen molar-refractivity contribution in [3.8, 4) is 5.75 Å². The fourth-order valence-corrected chi connectivity index (χ4v) is 1.26. The van der Waals surface area contributed by atoms with Crippen molar-refractivity contribution in [2.24, 2.45) is 0 Å². The summed E-state index contributed by atoms with van der Waals surface area (Å²) in [6.45, 7) is 1.28. The van der Waals surface area contributed by atoms with Crippen LogP contribution in [-0.2, 0) is 0 Å². The molecule has 0 fully saturated rings. The van der Waals surface area contributed by atoms with E-state index in [2.05, 4.69) is 21.9 Å². The lowest BCUT2D eigenvalue weighted by Crippen LogP contribution is -2.28. The second-order valence-corrected chi connectivity index (χ2v) is 3.43. The first-order valence-electron chi connectivity index (χ1n) is 4.82. The Hall–Kier alpha value is -1.69. The molecule has 0 amide bonds. The molecule has 0 aromatic heterocycles. The normalized spacial score (nSPS) is 9.82. The summed E-state index contributed by atoms with van der Waals surface area (Å²) in [6, 6.07) is 6.06. The van der Waals surface area contributed by atoms with Gasteiger partial charge in [-0.25, -0.2) is 0 Å². The van der Waals surface area contributed by atoms with E-state index in [0.717, 1.165) is 0 Å². The van der Waals surface area contributed by atoms with Gasteiger partial charge in [-0.3, -0.25) is 0 Å². The monoisotopic (exact) mass is 258 g/mol. The lowest BCUT2D eigenvalue weighted by Gasteiger charge is -2.09. The third kappa shape index (κ3) is 5.26. The predicted molar refractivity (Wildman–Crippen MR) is 67.5 cm³/mol. The number of hydrogen-bond donors (Lipinski definition) is 2. The van der Waals surface area contributed by atoms with Crippen molar-refractivity contribution < 1.29 is 13.5 Å². The maximum atomic E-state index is 11.9. The van der Waals surface area contributed by atoms with Gasteiger partial charge < -0.3 is 15.4 Å². The van der Waals surface area contributed by atoms with Crippen LogP contribution in [0.1, 0.15) is 0 Å². The first-order valence-corrected chi connectivity index (χ1v) is 5.23.